The van der Waals surface area contributed by atoms with E-state index in [9.17, 15) is 9.18 Å². The third kappa shape index (κ3) is 3.44. The number of rotatable bonds is 3. The number of carbonyl (C=O) groups excluding carboxylic acids is 1. The molecule has 0 aliphatic heterocycles. The maximum Gasteiger partial charge on any atom is 0.171 e. The van der Waals surface area contributed by atoms with Gasteiger partial charge < -0.3 is 0 Å². The van der Waals surface area contributed by atoms with E-state index in [1.165, 1.54) is 23.5 Å². The Kier molecular flexibility index (Phi) is 4.25. The fourth-order valence-electron chi connectivity index (χ4n) is 1.68. The van der Waals surface area contributed by atoms with Gasteiger partial charge in [-0.1, -0.05) is 32.4 Å². The minimum absolute atomic E-state index is 0.0364. The fourth-order valence-corrected chi connectivity index (χ4v) is 2.98. The molecule has 0 saturated carbocycles. The molecule has 1 heterocycles. The number of nitrogens with zero attached hydrogens (tertiary/aromatic N) is 1. The van der Waals surface area contributed by atoms with Gasteiger partial charge in [0.15, 0.2) is 5.78 Å². The summed E-state index contributed by atoms with van der Waals surface area (Å²) in [5.74, 6) is -0.597. The summed E-state index contributed by atoms with van der Waals surface area (Å²) < 4.78 is 13.0. The molecule has 1 aromatic carbocycles. The molecule has 2 rings (SSSR count). The van der Waals surface area contributed by atoms with Gasteiger partial charge in [-0.2, -0.15) is 0 Å². The van der Waals surface area contributed by atoms with E-state index in [0.29, 0.717) is 5.56 Å². The van der Waals surface area contributed by atoms with Crippen molar-refractivity contribution in [3.63, 3.8) is 0 Å². The van der Waals surface area contributed by atoms with Crippen LogP contribution < -0.4 is 0 Å². The Labute approximate surface area is 126 Å². The molecule has 0 radical (unpaired) electrons. The van der Waals surface area contributed by atoms with Crippen molar-refractivity contribution in [1.29, 1.82) is 0 Å². The quantitative estimate of drug-likeness (QED) is 0.772. The summed E-state index contributed by atoms with van der Waals surface area (Å²) in [6.07, 6.45) is 0.187. The highest BCUT2D eigenvalue weighted by atomic mass is 35.5. The van der Waals surface area contributed by atoms with E-state index in [-0.39, 0.29) is 22.6 Å². The zero-order valence-corrected chi connectivity index (χ0v) is 13.1. The lowest BCUT2D eigenvalue weighted by Crippen LogP contribution is -2.12. The van der Waals surface area contributed by atoms with Crippen molar-refractivity contribution < 1.29 is 9.18 Å². The van der Waals surface area contributed by atoms with Crippen LogP contribution in [0.2, 0.25) is 5.02 Å². The van der Waals surface area contributed by atoms with E-state index in [1.54, 1.807) is 0 Å². The number of ketones is 1. The van der Waals surface area contributed by atoms with Crippen LogP contribution >= 0.6 is 22.9 Å². The first-order valence-corrected chi connectivity index (χ1v) is 7.46. The van der Waals surface area contributed by atoms with Gasteiger partial charge in [-0.25, -0.2) is 9.37 Å². The molecule has 0 spiro atoms. The number of benzene rings is 1. The lowest BCUT2D eigenvalue weighted by Gasteiger charge is -2.14. The van der Waals surface area contributed by atoms with Gasteiger partial charge in [0, 0.05) is 16.4 Å². The van der Waals surface area contributed by atoms with Crippen molar-refractivity contribution in [2.75, 3.05) is 0 Å². The first-order valence-electron chi connectivity index (χ1n) is 6.20. The van der Waals surface area contributed by atoms with Gasteiger partial charge >= 0.3 is 0 Å². The monoisotopic (exact) mass is 311 g/mol. The van der Waals surface area contributed by atoms with E-state index in [4.69, 9.17) is 11.6 Å². The molecule has 2 nitrogen and oxygen atoms in total. The van der Waals surface area contributed by atoms with Crippen LogP contribution in [0.5, 0.6) is 0 Å². The van der Waals surface area contributed by atoms with Crippen molar-refractivity contribution in [3.05, 3.63) is 50.7 Å². The molecule has 0 saturated heterocycles. The molecule has 0 fully saturated rings. The van der Waals surface area contributed by atoms with Crippen LogP contribution in [0.15, 0.2) is 23.6 Å². The molecule has 0 aliphatic carbocycles. The molecule has 20 heavy (non-hydrogen) atoms. The number of hydrogen-bond donors (Lipinski definition) is 0. The van der Waals surface area contributed by atoms with Crippen molar-refractivity contribution in [3.8, 4) is 0 Å². The minimum atomic E-state index is -0.448. The van der Waals surface area contributed by atoms with Crippen molar-refractivity contribution in [1.82, 2.24) is 4.98 Å². The molecule has 0 unspecified atom stereocenters. The van der Waals surface area contributed by atoms with E-state index in [1.807, 2.05) is 5.38 Å². The number of aromatic nitrogens is 1. The molecular formula is C15H15ClFNOS. The first-order chi connectivity index (χ1) is 9.27. The maximum atomic E-state index is 13.0. The molecule has 0 amide bonds. The maximum absolute atomic E-state index is 13.0. The Bertz CT molecular complexity index is 646. The summed E-state index contributed by atoms with van der Waals surface area (Å²) in [7, 11) is 0. The summed E-state index contributed by atoms with van der Waals surface area (Å²) in [4.78, 5) is 16.6. The van der Waals surface area contributed by atoms with Crippen molar-refractivity contribution in [2.24, 2.45) is 0 Å². The van der Waals surface area contributed by atoms with Gasteiger partial charge in [-0.05, 0) is 18.2 Å². The first kappa shape index (κ1) is 15.1. The molecule has 106 valence electrons. The lowest BCUT2D eigenvalue weighted by atomic mass is 9.93. The number of Topliss-reactive ketones (excluding diaryl/α,β-unsaturated/α-hetero) is 1. The second-order valence-corrected chi connectivity index (χ2v) is 6.95. The number of halogens is 2. The third-order valence-corrected chi connectivity index (χ3v) is 4.03. The molecule has 1 aromatic heterocycles. The fraction of sp³-hybridized carbons (Fsp3) is 0.333. The average Bonchev–Trinajstić information content (AvgIpc) is 2.76. The largest absolute Gasteiger partial charge is 0.294 e. The second kappa shape index (κ2) is 5.62. The van der Waals surface area contributed by atoms with Crippen LogP contribution in [0.1, 0.15) is 41.8 Å². The Hall–Kier alpha value is -1.26. The predicted octanol–water partition coefficient (Wildman–Crippen LogP) is 4.66. The topological polar surface area (TPSA) is 30.0 Å². The second-order valence-electron chi connectivity index (χ2n) is 5.60. The highest BCUT2D eigenvalue weighted by Gasteiger charge is 2.19. The summed E-state index contributed by atoms with van der Waals surface area (Å²) >= 11 is 7.35. The Morgan fingerprint density at radius 1 is 1.40 bits per heavy atom. The Balaban J connectivity index is 2.17. The Morgan fingerprint density at radius 2 is 2.10 bits per heavy atom. The van der Waals surface area contributed by atoms with Crippen LogP contribution in [0.4, 0.5) is 4.39 Å². The van der Waals surface area contributed by atoms with Gasteiger partial charge in [0.2, 0.25) is 0 Å². The predicted molar refractivity (Wildman–Crippen MR) is 80.3 cm³/mol. The normalized spacial score (nSPS) is 11.7. The van der Waals surface area contributed by atoms with Crippen LogP contribution in [0, 0.1) is 5.82 Å². The average molecular weight is 312 g/mol. The van der Waals surface area contributed by atoms with E-state index >= 15 is 0 Å². The van der Waals surface area contributed by atoms with E-state index in [2.05, 4.69) is 25.8 Å². The standard InChI is InChI=1S/C15H15ClFNOS/c1-15(2,3)13-8-20-14(18-13)7-12(19)10-5-4-9(17)6-11(10)16/h4-6,8H,7H2,1-3H3. The summed E-state index contributed by atoms with van der Waals surface area (Å²) in [5.41, 5.74) is 1.27. The minimum Gasteiger partial charge on any atom is -0.294 e. The van der Waals surface area contributed by atoms with Crippen molar-refractivity contribution in [2.45, 2.75) is 32.6 Å². The van der Waals surface area contributed by atoms with Gasteiger partial charge in [-0.3, -0.25) is 4.79 Å². The number of thiazole rings is 1. The molecule has 2 aromatic rings. The summed E-state index contributed by atoms with van der Waals surface area (Å²) in [6, 6.07) is 3.80. The molecule has 5 heteroatoms. The Morgan fingerprint density at radius 3 is 2.65 bits per heavy atom. The molecule has 0 bridgehead atoms. The van der Waals surface area contributed by atoms with Gasteiger partial charge in [0.25, 0.3) is 0 Å². The number of hydrogen-bond acceptors (Lipinski definition) is 3. The molecular weight excluding hydrogens is 297 g/mol. The van der Waals surface area contributed by atoms with Crippen LogP contribution in [0.25, 0.3) is 0 Å². The van der Waals surface area contributed by atoms with Gasteiger partial charge in [-0.15, -0.1) is 11.3 Å². The highest BCUT2D eigenvalue weighted by Crippen LogP contribution is 2.25. The molecule has 0 N–H and O–H groups in total. The SMILES string of the molecule is CC(C)(C)c1csc(CC(=O)c2ccc(F)cc2Cl)n1. The van der Waals surface area contributed by atoms with Crippen LogP contribution in [-0.2, 0) is 11.8 Å². The molecule has 0 atom stereocenters. The zero-order valence-electron chi connectivity index (χ0n) is 11.5. The van der Waals surface area contributed by atoms with Gasteiger partial charge in [0.05, 0.1) is 17.1 Å². The van der Waals surface area contributed by atoms with E-state index < -0.39 is 5.82 Å². The van der Waals surface area contributed by atoms with E-state index in [0.717, 1.165) is 16.8 Å². The lowest BCUT2D eigenvalue weighted by molar-refractivity contribution is 0.0993. The number of carbonyl (C=O) groups is 1. The summed E-state index contributed by atoms with van der Waals surface area (Å²) in [6.45, 7) is 6.22. The zero-order chi connectivity index (χ0) is 14.9. The summed E-state index contributed by atoms with van der Waals surface area (Å²) in [5, 5.41) is 2.86. The smallest absolute Gasteiger partial charge is 0.171 e. The third-order valence-electron chi connectivity index (χ3n) is 2.86. The van der Waals surface area contributed by atoms with Crippen LogP contribution in [0.3, 0.4) is 0 Å². The van der Waals surface area contributed by atoms with Gasteiger partial charge in [0.1, 0.15) is 10.8 Å². The highest BCUT2D eigenvalue weighted by molar-refractivity contribution is 7.09. The van der Waals surface area contributed by atoms with Crippen LogP contribution in [-0.4, -0.2) is 10.8 Å². The molecule has 0 aliphatic rings. The van der Waals surface area contributed by atoms with Crippen molar-refractivity contribution >= 4 is 28.7 Å².